The number of aliphatic hydroxyl groups is 1. The van der Waals surface area contributed by atoms with Gasteiger partial charge in [-0.25, -0.2) is 4.98 Å². The second-order valence-electron chi connectivity index (χ2n) is 5.05. The lowest BCUT2D eigenvalue weighted by Crippen LogP contribution is -2.29. The molecule has 0 aliphatic rings. The lowest BCUT2D eigenvalue weighted by atomic mass is 10.2. The average molecular weight is 348 g/mol. The Kier molecular flexibility index (Phi) is 4.90. The van der Waals surface area contributed by atoms with E-state index in [1.165, 1.54) is 11.3 Å². The highest BCUT2D eigenvalue weighted by Gasteiger charge is 2.16. The summed E-state index contributed by atoms with van der Waals surface area (Å²) in [4.78, 5) is 17.4. The molecule has 0 bridgehead atoms. The highest BCUT2D eigenvalue weighted by atomic mass is 32.1. The van der Waals surface area contributed by atoms with E-state index in [1.807, 2.05) is 34.3 Å². The van der Waals surface area contributed by atoms with Crippen LogP contribution in [0.1, 0.15) is 23.1 Å². The summed E-state index contributed by atoms with van der Waals surface area (Å²) < 4.78 is 5.62. The SMILES string of the molecule is Cc1oc(-c2cccs2)nc1CC(=O)NCC(O)c1ccsc1. The Morgan fingerprint density at radius 1 is 1.43 bits per heavy atom. The van der Waals surface area contributed by atoms with Crippen LogP contribution < -0.4 is 5.32 Å². The topological polar surface area (TPSA) is 75.4 Å². The van der Waals surface area contributed by atoms with Gasteiger partial charge in [-0.05, 0) is 40.8 Å². The molecule has 1 atom stereocenters. The summed E-state index contributed by atoms with van der Waals surface area (Å²) in [7, 11) is 0. The minimum Gasteiger partial charge on any atom is -0.440 e. The molecule has 3 heterocycles. The van der Waals surface area contributed by atoms with Crippen molar-refractivity contribution in [2.24, 2.45) is 0 Å². The van der Waals surface area contributed by atoms with Crippen molar-refractivity contribution in [3.63, 3.8) is 0 Å². The maximum absolute atomic E-state index is 12.0. The van der Waals surface area contributed by atoms with Crippen molar-refractivity contribution in [2.75, 3.05) is 6.54 Å². The smallest absolute Gasteiger partial charge is 0.236 e. The van der Waals surface area contributed by atoms with Crippen LogP contribution >= 0.6 is 22.7 Å². The molecule has 120 valence electrons. The van der Waals surface area contributed by atoms with Gasteiger partial charge >= 0.3 is 0 Å². The lowest BCUT2D eigenvalue weighted by molar-refractivity contribution is -0.121. The summed E-state index contributed by atoms with van der Waals surface area (Å²) in [6.07, 6.45) is -0.554. The molecule has 2 N–H and O–H groups in total. The molecule has 0 fully saturated rings. The monoisotopic (exact) mass is 348 g/mol. The van der Waals surface area contributed by atoms with E-state index in [1.54, 1.807) is 18.3 Å². The van der Waals surface area contributed by atoms with Crippen molar-refractivity contribution in [3.8, 4) is 10.8 Å². The van der Waals surface area contributed by atoms with E-state index in [2.05, 4.69) is 10.3 Å². The molecule has 5 nitrogen and oxygen atoms in total. The number of aromatic nitrogens is 1. The van der Waals surface area contributed by atoms with Gasteiger partial charge in [0.15, 0.2) is 0 Å². The number of amides is 1. The number of nitrogens with one attached hydrogen (secondary N) is 1. The Morgan fingerprint density at radius 2 is 2.30 bits per heavy atom. The molecule has 7 heteroatoms. The van der Waals surface area contributed by atoms with E-state index in [-0.39, 0.29) is 18.9 Å². The maximum Gasteiger partial charge on any atom is 0.236 e. The molecule has 1 amide bonds. The number of aliphatic hydroxyl groups excluding tert-OH is 1. The fourth-order valence-corrected chi connectivity index (χ4v) is 3.46. The number of rotatable bonds is 6. The van der Waals surface area contributed by atoms with E-state index < -0.39 is 6.10 Å². The molecule has 3 aromatic heterocycles. The number of hydrogen-bond acceptors (Lipinski definition) is 6. The third-order valence-electron chi connectivity index (χ3n) is 3.37. The van der Waals surface area contributed by atoms with Crippen LogP contribution in [0.3, 0.4) is 0 Å². The first-order valence-electron chi connectivity index (χ1n) is 7.10. The molecule has 0 radical (unpaired) electrons. The molecule has 0 aromatic carbocycles. The summed E-state index contributed by atoms with van der Waals surface area (Å²) in [6.45, 7) is 1.98. The number of aryl methyl sites for hydroxylation is 1. The number of carbonyl (C=O) groups excluding carboxylic acids is 1. The lowest BCUT2D eigenvalue weighted by Gasteiger charge is -2.10. The van der Waals surface area contributed by atoms with Gasteiger partial charge in [0.05, 0.1) is 23.1 Å². The van der Waals surface area contributed by atoms with Gasteiger partial charge in [-0.1, -0.05) is 6.07 Å². The van der Waals surface area contributed by atoms with Gasteiger partial charge in [0.1, 0.15) is 5.76 Å². The number of oxazole rings is 1. The van der Waals surface area contributed by atoms with Crippen molar-refractivity contribution in [1.29, 1.82) is 0 Å². The molecule has 3 aromatic rings. The first kappa shape index (κ1) is 15.9. The molecule has 0 saturated carbocycles. The highest BCUT2D eigenvalue weighted by molar-refractivity contribution is 7.13. The largest absolute Gasteiger partial charge is 0.440 e. The van der Waals surface area contributed by atoms with E-state index in [9.17, 15) is 9.90 Å². The van der Waals surface area contributed by atoms with Crippen LogP contribution in [0.5, 0.6) is 0 Å². The van der Waals surface area contributed by atoms with Crippen LogP contribution in [0.25, 0.3) is 10.8 Å². The van der Waals surface area contributed by atoms with Crippen LogP contribution in [0.2, 0.25) is 0 Å². The highest BCUT2D eigenvalue weighted by Crippen LogP contribution is 2.26. The normalized spacial score (nSPS) is 12.3. The average Bonchev–Trinajstić information content (AvgIpc) is 3.27. The number of nitrogens with zero attached hydrogens (tertiary/aromatic N) is 1. The molecule has 0 spiro atoms. The summed E-state index contributed by atoms with van der Waals surface area (Å²) in [5.41, 5.74) is 1.43. The summed E-state index contributed by atoms with van der Waals surface area (Å²) in [5, 5.41) is 18.4. The van der Waals surface area contributed by atoms with Crippen molar-refractivity contribution in [2.45, 2.75) is 19.4 Å². The maximum atomic E-state index is 12.0. The quantitative estimate of drug-likeness (QED) is 0.717. The predicted octanol–water partition coefficient (Wildman–Crippen LogP) is 3.17. The third-order valence-corrected chi connectivity index (χ3v) is 4.93. The van der Waals surface area contributed by atoms with Crippen LogP contribution in [-0.4, -0.2) is 22.5 Å². The Labute approximate surface area is 141 Å². The predicted molar refractivity (Wildman–Crippen MR) is 90.5 cm³/mol. The van der Waals surface area contributed by atoms with Crippen molar-refractivity contribution in [3.05, 3.63) is 51.4 Å². The second kappa shape index (κ2) is 7.08. The van der Waals surface area contributed by atoms with Crippen LogP contribution in [-0.2, 0) is 11.2 Å². The summed E-state index contributed by atoms with van der Waals surface area (Å²) in [6, 6.07) is 5.70. The van der Waals surface area contributed by atoms with Crippen LogP contribution in [0.4, 0.5) is 0 Å². The van der Waals surface area contributed by atoms with Gasteiger partial charge in [-0.15, -0.1) is 11.3 Å². The number of carbonyl (C=O) groups is 1. The van der Waals surface area contributed by atoms with Gasteiger partial charge in [0.25, 0.3) is 0 Å². The van der Waals surface area contributed by atoms with E-state index in [0.29, 0.717) is 17.3 Å². The Bertz CT molecular complexity index is 763. The first-order chi connectivity index (χ1) is 11.1. The van der Waals surface area contributed by atoms with Gasteiger partial charge in [0, 0.05) is 6.54 Å². The number of thiophene rings is 2. The molecule has 23 heavy (non-hydrogen) atoms. The zero-order valence-corrected chi connectivity index (χ0v) is 14.1. The molecule has 0 saturated heterocycles. The second-order valence-corrected chi connectivity index (χ2v) is 6.78. The molecule has 1 unspecified atom stereocenters. The summed E-state index contributed by atoms with van der Waals surface area (Å²) >= 11 is 3.05. The zero-order chi connectivity index (χ0) is 16.2. The van der Waals surface area contributed by atoms with E-state index in [4.69, 9.17) is 4.42 Å². The minimum absolute atomic E-state index is 0.136. The minimum atomic E-state index is -0.690. The fourth-order valence-electron chi connectivity index (χ4n) is 2.11. The Hall–Kier alpha value is -1.96. The van der Waals surface area contributed by atoms with Gasteiger partial charge in [0.2, 0.25) is 11.8 Å². The van der Waals surface area contributed by atoms with Gasteiger partial charge in [-0.2, -0.15) is 11.3 Å². The molecular formula is C16H16N2O3S2. The standard InChI is InChI=1S/C16H16N2O3S2/c1-10-12(18-16(21-10)14-3-2-5-23-14)7-15(20)17-8-13(19)11-4-6-22-9-11/h2-6,9,13,19H,7-8H2,1H3,(H,17,20). The molecule has 0 aliphatic heterocycles. The van der Waals surface area contributed by atoms with E-state index in [0.717, 1.165) is 10.4 Å². The van der Waals surface area contributed by atoms with Crippen molar-refractivity contribution in [1.82, 2.24) is 10.3 Å². The van der Waals surface area contributed by atoms with Crippen LogP contribution in [0.15, 0.2) is 38.8 Å². The van der Waals surface area contributed by atoms with Crippen molar-refractivity contribution >= 4 is 28.6 Å². The number of hydrogen-bond donors (Lipinski definition) is 2. The van der Waals surface area contributed by atoms with Gasteiger partial charge in [-0.3, -0.25) is 4.79 Å². The third kappa shape index (κ3) is 3.87. The molecular weight excluding hydrogens is 332 g/mol. The molecule has 3 rings (SSSR count). The molecule has 0 aliphatic carbocycles. The summed E-state index contributed by atoms with van der Waals surface area (Å²) in [5.74, 6) is 0.994. The fraction of sp³-hybridized carbons (Fsp3) is 0.250. The first-order valence-corrected chi connectivity index (χ1v) is 8.93. The van der Waals surface area contributed by atoms with Gasteiger partial charge < -0.3 is 14.8 Å². The zero-order valence-electron chi connectivity index (χ0n) is 12.5. The Balaban J connectivity index is 1.58. The Morgan fingerprint density at radius 3 is 3.00 bits per heavy atom. The van der Waals surface area contributed by atoms with Crippen molar-refractivity contribution < 1.29 is 14.3 Å². The van der Waals surface area contributed by atoms with E-state index >= 15 is 0 Å². The van der Waals surface area contributed by atoms with Crippen LogP contribution in [0, 0.1) is 6.92 Å².